The normalized spacial score (nSPS) is 10.3. The second-order valence-corrected chi connectivity index (χ2v) is 5.35. The summed E-state index contributed by atoms with van der Waals surface area (Å²) in [7, 11) is 3.25. The number of pyridine rings is 1. The van der Waals surface area contributed by atoms with Crippen molar-refractivity contribution in [1.82, 2.24) is 10.3 Å². The van der Waals surface area contributed by atoms with Gasteiger partial charge >= 0.3 is 0 Å². The first-order valence-corrected chi connectivity index (χ1v) is 7.69. The van der Waals surface area contributed by atoms with Gasteiger partial charge in [0, 0.05) is 29.8 Å². The number of nitrogens with zero attached hydrogens (tertiary/aromatic N) is 1. The molecule has 0 spiro atoms. The van der Waals surface area contributed by atoms with E-state index in [-0.39, 0.29) is 0 Å². The van der Waals surface area contributed by atoms with Crippen molar-refractivity contribution in [3.05, 3.63) is 46.6 Å². The molecule has 0 aliphatic carbocycles. The van der Waals surface area contributed by atoms with Crippen LogP contribution < -0.4 is 19.5 Å². The molecule has 5 nitrogen and oxygen atoms in total. The SMILES string of the molecule is COc1cc(Br)c(CNCCOc2ccccn2)cc1OC. The van der Waals surface area contributed by atoms with Crippen LogP contribution in [0.5, 0.6) is 17.4 Å². The molecule has 2 aromatic rings. The van der Waals surface area contributed by atoms with Crippen LogP contribution in [-0.4, -0.2) is 32.4 Å². The molecule has 1 aromatic carbocycles. The molecule has 0 aliphatic rings. The Bertz CT molecular complexity index is 593. The molecule has 0 aliphatic heterocycles. The molecule has 1 heterocycles. The second kappa shape index (κ2) is 8.60. The van der Waals surface area contributed by atoms with Gasteiger partial charge in [0.05, 0.1) is 14.2 Å². The summed E-state index contributed by atoms with van der Waals surface area (Å²) in [5.41, 5.74) is 1.09. The van der Waals surface area contributed by atoms with Crippen molar-refractivity contribution in [3.63, 3.8) is 0 Å². The summed E-state index contributed by atoms with van der Waals surface area (Å²) in [5.74, 6) is 2.06. The van der Waals surface area contributed by atoms with Crippen LogP contribution in [-0.2, 0) is 6.54 Å². The predicted molar refractivity (Wildman–Crippen MR) is 88.7 cm³/mol. The van der Waals surface area contributed by atoms with Gasteiger partial charge in [-0.1, -0.05) is 22.0 Å². The maximum absolute atomic E-state index is 5.53. The molecule has 0 bridgehead atoms. The smallest absolute Gasteiger partial charge is 0.213 e. The molecule has 1 N–H and O–H groups in total. The van der Waals surface area contributed by atoms with E-state index in [4.69, 9.17) is 14.2 Å². The van der Waals surface area contributed by atoms with Gasteiger partial charge in [-0.15, -0.1) is 0 Å². The van der Waals surface area contributed by atoms with Crippen molar-refractivity contribution >= 4 is 15.9 Å². The van der Waals surface area contributed by atoms with E-state index in [0.29, 0.717) is 30.5 Å². The molecular weight excluding hydrogens is 348 g/mol. The molecule has 6 heteroatoms. The fourth-order valence-corrected chi connectivity index (χ4v) is 2.38. The minimum atomic E-state index is 0.557. The largest absolute Gasteiger partial charge is 0.493 e. The summed E-state index contributed by atoms with van der Waals surface area (Å²) in [6, 6.07) is 9.46. The summed E-state index contributed by atoms with van der Waals surface area (Å²) in [5, 5.41) is 3.32. The van der Waals surface area contributed by atoms with Crippen LogP contribution in [0.3, 0.4) is 0 Å². The molecule has 118 valence electrons. The first-order chi connectivity index (χ1) is 10.7. The van der Waals surface area contributed by atoms with Crippen LogP contribution in [0.25, 0.3) is 0 Å². The highest BCUT2D eigenvalue weighted by Gasteiger charge is 2.09. The number of ether oxygens (including phenoxy) is 3. The molecule has 0 saturated heterocycles. The van der Waals surface area contributed by atoms with Crippen molar-refractivity contribution in [2.75, 3.05) is 27.4 Å². The third-order valence-electron chi connectivity index (χ3n) is 3.03. The van der Waals surface area contributed by atoms with Gasteiger partial charge in [0.15, 0.2) is 11.5 Å². The standard InChI is InChI=1S/C16H19BrN2O3/c1-20-14-9-12(13(17)10-15(14)21-2)11-18-7-8-22-16-5-3-4-6-19-16/h3-6,9-10,18H,7-8,11H2,1-2H3. The predicted octanol–water partition coefficient (Wildman–Crippen LogP) is 3.03. The first kappa shape index (κ1) is 16.6. The summed E-state index contributed by atoms with van der Waals surface area (Å²) < 4.78 is 17.1. The lowest BCUT2D eigenvalue weighted by molar-refractivity contribution is 0.302. The highest BCUT2D eigenvalue weighted by Crippen LogP contribution is 2.33. The average Bonchev–Trinajstić information content (AvgIpc) is 2.56. The van der Waals surface area contributed by atoms with E-state index < -0.39 is 0 Å². The zero-order chi connectivity index (χ0) is 15.8. The molecular formula is C16H19BrN2O3. The van der Waals surface area contributed by atoms with Crippen LogP contribution in [0.4, 0.5) is 0 Å². The summed E-state index contributed by atoms with van der Waals surface area (Å²) in [4.78, 5) is 4.10. The van der Waals surface area contributed by atoms with E-state index in [9.17, 15) is 0 Å². The lowest BCUT2D eigenvalue weighted by Crippen LogP contribution is -2.21. The number of halogens is 1. The van der Waals surface area contributed by atoms with Crippen molar-refractivity contribution in [2.24, 2.45) is 0 Å². The summed E-state index contributed by atoms with van der Waals surface area (Å²) in [6.45, 7) is 1.98. The highest BCUT2D eigenvalue weighted by molar-refractivity contribution is 9.10. The Balaban J connectivity index is 1.81. The van der Waals surface area contributed by atoms with Crippen molar-refractivity contribution in [3.8, 4) is 17.4 Å². The number of methoxy groups -OCH3 is 2. The van der Waals surface area contributed by atoms with E-state index in [1.54, 1.807) is 20.4 Å². The van der Waals surface area contributed by atoms with Crippen LogP contribution >= 0.6 is 15.9 Å². The van der Waals surface area contributed by atoms with E-state index in [1.165, 1.54) is 0 Å². The van der Waals surface area contributed by atoms with Gasteiger partial charge in [-0.2, -0.15) is 0 Å². The Hall–Kier alpha value is -1.79. The molecule has 2 rings (SSSR count). The molecule has 0 fully saturated rings. The van der Waals surface area contributed by atoms with Crippen molar-refractivity contribution in [1.29, 1.82) is 0 Å². The molecule has 0 atom stereocenters. The molecule has 0 amide bonds. The van der Waals surface area contributed by atoms with Gasteiger partial charge in [0.1, 0.15) is 6.61 Å². The van der Waals surface area contributed by atoms with E-state index >= 15 is 0 Å². The first-order valence-electron chi connectivity index (χ1n) is 6.89. The highest BCUT2D eigenvalue weighted by atomic mass is 79.9. The molecule has 0 saturated carbocycles. The van der Waals surface area contributed by atoms with Gasteiger partial charge in [0.2, 0.25) is 5.88 Å². The quantitative estimate of drug-likeness (QED) is 0.727. The van der Waals surface area contributed by atoms with Crippen LogP contribution in [0.2, 0.25) is 0 Å². The van der Waals surface area contributed by atoms with E-state index in [0.717, 1.165) is 16.6 Å². The Morgan fingerprint density at radius 3 is 2.59 bits per heavy atom. The number of aromatic nitrogens is 1. The van der Waals surface area contributed by atoms with Gasteiger partial charge in [-0.3, -0.25) is 0 Å². The van der Waals surface area contributed by atoms with E-state index in [1.807, 2.05) is 30.3 Å². The molecule has 0 unspecified atom stereocenters. The van der Waals surface area contributed by atoms with E-state index in [2.05, 4.69) is 26.2 Å². The Labute approximate surface area is 138 Å². The van der Waals surface area contributed by atoms with Gasteiger partial charge in [0.25, 0.3) is 0 Å². The molecule has 0 radical (unpaired) electrons. The summed E-state index contributed by atoms with van der Waals surface area (Å²) >= 11 is 3.54. The van der Waals surface area contributed by atoms with Crippen molar-refractivity contribution in [2.45, 2.75) is 6.54 Å². The fourth-order valence-electron chi connectivity index (χ4n) is 1.92. The Morgan fingerprint density at radius 1 is 1.14 bits per heavy atom. The van der Waals surface area contributed by atoms with Crippen LogP contribution in [0.1, 0.15) is 5.56 Å². The minimum Gasteiger partial charge on any atom is -0.493 e. The number of hydrogen-bond acceptors (Lipinski definition) is 5. The third-order valence-corrected chi connectivity index (χ3v) is 3.77. The number of nitrogens with one attached hydrogen (secondary N) is 1. The molecule has 1 aromatic heterocycles. The number of benzene rings is 1. The lowest BCUT2D eigenvalue weighted by Gasteiger charge is -2.12. The third kappa shape index (κ3) is 4.61. The Kier molecular flexibility index (Phi) is 6.48. The minimum absolute atomic E-state index is 0.557. The maximum Gasteiger partial charge on any atom is 0.213 e. The van der Waals surface area contributed by atoms with Gasteiger partial charge < -0.3 is 19.5 Å². The second-order valence-electron chi connectivity index (χ2n) is 4.49. The summed E-state index contributed by atoms with van der Waals surface area (Å²) in [6.07, 6.45) is 1.71. The number of rotatable bonds is 8. The topological polar surface area (TPSA) is 52.6 Å². The maximum atomic E-state index is 5.53. The zero-order valence-corrected chi connectivity index (χ0v) is 14.2. The molecule has 22 heavy (non-hydrogen) atoms. The Morgan fingerprint density at radius 2 is 1.91 bits per heavy atom. The van der Waals surface area contributed by atoms with Crippen molar-refractivity contribution < 1.29 is 14.2 Å². The van der Waals surface area contributed by atoms with Gasteiger partial charge in [-0.05, 0) is 23.8 Å². The van der Waals surface area contributed by atoms with Crippen LogP contribution in [0.15, 0.2) is 41.0 Å². The monoisotopic (exact) mass is 366 g/mol. The average molecular weight is 367 g/mol. The number of hydrogen-bond donors (Lipinski definition) is 1. The lowest BCUT2D eigenvalue weighted by atomic mass is 10.2. The zero-order valence-electron chi connectivity index (χ0n) is 12.6. The van der Waals surface area contributed by atoms with Gasteiger partial charge in [-0.25, -0.2) is 4.98 Å². The fraction of sp³-hybridized carbons (Fsp3) is 0.312. The van der Waals surface area contributed by atoms with Crippen LogP contribution in [0, 0.1) is 0 Å².